The minimum atomic E-state index is -0.376. The molecule has 25 heavy (non-hydrogen) atoms. The highest BCUT2D eigenvalue weighted by molar-refractivity contribution is 5.94. The molecule has 0 aliphatic heterocycles. The highest BCUT2D eigenvalue weighted by Crippen LogP contribution is 2.27. The first-order valence-corrected chi connectivity index (χ1v) is 7.37. The lowest BCUT2D eigenvalue weighted by Crippen LogP contribution is -2.20. The third-order valence-corrected chi connectivity index (χ3v) is 3.48. The van der Waals surface area contributed by atoms with Crippen LogP contribution in [-0.4, -0.2) is 35.9 Å². The van der Waals surface area contributed by atoms with Crippen LogP contribution in [0.3, 0.4) is 0 Å². The smallest absolute Gasteiger partial charge is 0.323 e. The van der Waals surface area contributed by atoms with Gasteiger partial charge in [0.1, 0.15) is 6.29 Å². The van der Waals surface area contributed by atoms with Gasteiger partial charge >= 0.3 is 5.69 Å². The number of ether oxygens (including phenoxy) is 2. The van der Waals surface area contributed by atoms with Gasteiger partial charge in [-0.25, -0.2) is 4.79 Å². The Kier molecular flexibility index (Phi) is 4.51. The molecule has 0 bridgehead atoms. The maximum Gasteiger partial charge on any atom is 0.323 e. The second-order valence-corrected chi connectivity index (χ2v) is 5.20. The number of carbonyl (C=O) groups excluding carboxylic acids is 2. The van der Waals surface area contributed by atoms with E-state index >= 15 is 0 Å². The Balaban J connectivity index is 1.66. The molecule has 8 heteroatoms. The van der Waals surface area contributed by atoms with E-state index in [4.69, 9.17) is 9.47 Å². The summed E-state index contributed by atoms with van der Waals surface area (Å²) in [6.07, 6.45) is 0.695. The van der Waals surface area contributed by atoms with Crippen LogP contribution >= 0.6 is 0 Å². The molecule has 1 amide bonds. The van der Waals surface area contributed by atoms with E-state index in [-0.39, 0.29) is 18.2 Å². The lowest BCUT2D eigenvalue weighted by Gasteiger charge is -2.11. The van der Waals surface area contributed by atoms with Gasteiger partial charge < -0.3 is 24.8 Å². The summed E-state index contributed by atoms with van der Waals surface area (Å²) in [5.74, 6) is 0.344. The van der Waals surface area contributed by atoms with E-state index in [2.05, 4.69) is 15.3 Å². The number of aromatic nitrogens is 2. The summed E-state index contributed by atoms with van der Waals surface area (Å²) in [6, 6.07) is 9.65. The number of benzene rings is 2. The molecular weight excluding hydrogens is 326 g/mol. The molecule has 0 fully saturated rings. The van der Waals surface area contributed by atoms with Gasteiger partial charge in [0, 0.05) is 11.3 Å². The van der Waals surface area contributed by atoms with Crippen LogP contribution in [0.1, 0.15) is 10.4 Å². The zero-order chi connectivity index (χ0) is 17.8. The van der Waals surface area contributed by atoms with Crippen molar-refractivity contribution in [1.29, 1.82) is 0 Å². The molecule has 0 saturated carbocycles. The second-order valence-electron chi connectivity index (χ2n) is 5.20. The topological polar surface area (TPSA) is 113 Å². The van der Waals surface area contributed by atoms with Gasteiger partial charge in [-0.3, -0.25) is 9.59 Å². The summed E-state index contributed by atoms with van der Waals surface area (Å²) in [7, 11) is 1.45. The van der Waals surface area contributed by atoms with Crippen LogP contribution in [0.15, 0.2) is 41.2 Å². The molecule has 0 saturated heterocycles. The Labute approximate surface area is 141 Å². The first-order chi connectivity index (χ1) is 12.1. The summed E-state index contributed by atoms with van der Waals surface area (Å²) in [5, 5.41) is 2.68. The molecule has 0 radical (unpaired) electrons. The van der Waals surface area contributed by atoms with Crippen molar-refractivity contribution >= 4 is 28.9 Å². The number of nitrogens with one attached hydrogen (secondary N) is 3. The average Bonchev–Trinajstić information content (AvgIpc) is 2.99. The van der Waals surface area contributed by atoms with Crippen LogP contribution in [0.5, 0.6) is 11.5 Å². The second kappa shape index (κ2) is 6.91. The highest BCUT2D eigenvalue weighted by atomic mass is 16.5. The van der Waals surface area contributed by atoms with Gasteiger partial charge in [0.05, 0.1) is 18.1 Å². The van der Waals surface area contributed by atoms with Gasteiger partial charge in [-0.05, 0) is 36.4 Å². The highest BCUT2D eigenvalue weighted by Gasteiger charge is 2.09. The number of anilines is 1. The van der Waals surface area contributed by atoms with Crippen LogP contribution < -0.4 is 20.5 Å². The van der Waals surface area contributed by atoms with Crippen LogP contribution in [0.25, 0.3) is 11.0 Å². The molecule has 0 spiro atoms. The number of hydrogen-bond acceptors (Lipinski definition) is 5. The Morgan fingerprint density at radius 1 is 1.12 bits per heavy atom. The van der Waals surface area contributed by atoms with Crippen molar-refractivity contribution in [3.63, 3.8) is 0 Å². The molecule has 2 aromatic carbocycles. The van der Waals surface area contributed by atoms with Crippen molar-refractivity contribution in [3.05, 3.63) is 52.4 Å². The standard InChI is InChI=1S/C17H15N3O5/c1-24-15-6-10(8-21)2-5-14(15)25-9-16(22)18-11-3-4-12-13(7-11)20-17(23)19-12/h2-8H,9H2,1H3,(H,18,22)(H2,19,20,23). The van der Waals surface area contributed by atoms with Gasteiger partial charge in [0.15, 0.2) is 18.1 Å². The third kappa shape index (κ3) is 3.69. The fourth-order valence-corrected chi connectivity index (χ4v) is 2.33. The van der Waals surface area contributed by atoms with Gasteiger partial charge in [0.2, 0.25) is 0 Å². The number of carbonyl (C=O) groups is 2. The molecule has 128 valence electrons. The molecule has 3 rings (SSSR count). The van der Waals surface area contributed by atoms with E-state index in [0.29, 0.717) is 40.1 Å². The van der Waals surface area contributed by atoms with E-state index in [1.165, 1.54) is 13.2 Å². The molecule has 0 unspecified atom stereocenters. The number of aromatic amines is 2. The molecule has 0 aliphatic carbocycles. The van der Waals surface area contributed by atoms with E-state index in [0.717, 1.165) is 0 Å². The van der Waals surface area contributed by atoms with Crippen molar-refractivity contribution in [2.45, 2.75) is 0 Å². The molecule has 0 atom stereocenters. The Morgan fingerprint density at radius 3 is 2.68 bits per heavy atom. The van der Waals surface area contributed by atoms with E-state index in [1.807, 2.05) is 0 Å². The maximum atomic E-state index is 12.0. The number of H-pyrrole nitrogens is 2. The Morgan fingerprint density at radius 2 is 1.92 bits per heavy atom. The predicted octanol–water partition coefficient (Wildman–Crippen LogP) is 1.69. The first-order valence-electron chi connectivity index (χ1n) is 7.37. The van der Waals surface area contributed by atoms with Crippen molar-refractivity contribution < 1.29 is 19.1 Å². The number of rotatable bonds is 6. The molecule has 0 aliphatic rings. The fourth-order valence-electron chi connectivity index (χ4n) is 2.33. The van der Waals surface area contributed by atoms with Gasteiger partial charge in [-0.1, -0.05) is 0 Å². The van der Waals surface area contributed by atoms with E-state index in [9.17, 15) is 14.4 Å². The van der Waals surface area contributed by atoms with Crippen LogP contribution in [0, 0.1) is 0 Å². The normalized spacial score (nSPS) is 10.4. The van der Waals surface area contributed by atoms with Crippen molar-refractivity contribution in [2.75, 3.05) is 19.0 Å². The molecule has 8 nitrogen and oxygen atoms in total. The summed E-state index contributed by atoms with van der Waals surface area (Å²) in [6.45, 7) is -0.238. The number of fused-ring (bicyclic) bond motifs is 1. The van der Waals surface area contributed by atoms with Crippen molar-refractivity contribution in [1.82, 2.24) is 9.97 Å². The van der Waals surface area contributed by atoms with Crippen LogP contribution in [0.2, 0.25) is 0 Å². The third-order valence-electron chi connectivity index (χ3n) is 3.48. The van der Waals surface area contributed by atoms with Crippen molar-refractivity contribution in [2.24, 2.45) is 0 Å². The molecule has 3 aromatic rings. The van der Waals surface area contributed by atoms with Crippen molar-refractivity contribution in [3.8, 4) is 11.5 Å². The van der Waals surface area contributed by atoms with Crippen LogP contribution in [-0.2, 0) is 4.79 Å². The summed E-state index contributed by atoms with van der Waals surface area (Å²) in [5.41, 5.74) is 1.91. The lowest BCUT2D eigenvalue weighted by atomic mass is 10.2. The Hall–Kier alpha value is -3.55. The summed E-state index contributed by atoms with van der Waals surface area (Å²) in [4.78, 5) is 39.3. The van der Waals surface area contributed by atoms with E-state index < -0.39 is 0 Å². The first kappa shape index (κ1) is 16.3. The molecule has 1 aromatic heterocycles. The number of methoxy groups -OCH3 is 1. The molecule has 3 N–H and O–H groups in total. The molecular formula is C17H15N3O5. The number of aldehydes is 1. The molecule has 1 heterocycles. The zero-order valence-corrected chi connectivity index (χ0v) is 13.3. The number of amides is 1. The quantitative estimate of drug-likeness (QED) is 0.591. The average molecular weight is 341 g/mol. The van der Waals surface area contributed by atoms with Gasteiger partial charge in [-0.2, -0.15) is 0 Å². The zero-order valence-electron chi connectivity index (χ0n) is 13.3. The predicted molar refractivity (Wildman–Crippen MR) is 91.4 cm³/mol. The minimum absolute atomic E-state index is 0.238. The minimum Gasteiger partial charge on any atom is -0.493 e. The largest absolute Gasteiger partial charge is 0.493 e. The fraction of sp³-hybridized carbons (Fsp3) is 0.118. The van der Waals surface area contributed by atoms with Crippen LogP contribution in [0.4, 0.5) is 5.69 Å². The lowest BCUT2D eigenvalue weighted by molar-refractivity contribution is -0.118. The summed E-state index contributed by atoms with van der Waals surface area (Å²) >= 11 is 0. The van der Waals surface area contributed by atoms with Gasteiger partial charge in [-0.15, -0.1) is 0 Å². The number of hydrogen-bond donors (Lipinski definition) is 3. The summed E-state index contributed by atoms with van der Waals surface area (Å²) < 4.78 is 10.6. The maximum absolute atomic E-state index is 12.0. The number of imidazole rings is 1. The monoisotopic (exact) mass is 341 g/mol. The Bertz CT molecular complexity index is 989. The van der Waals surface area contributed by atoms with E-state index in [1.54, 1.807) is 30.3 Å². The van der Waals surface area contributed by atoms with Gasteiger partial charge in [0.25, 0.3) is 5.91 Å². The SMILES string of the molecule is COc1cc(C=O)ccc1OCC(=O)Nc1ccc2[nH]c(=O)[nH]c2c1.